The van der Waals surface area contributed by atoms with Crippen molar-refractivity contribution in [2.24, 2.45) is 0 Å². The van der Waals surface area contributed by atoms with Crippen LogP contribution < -0.4 is 10.6 Å². The van der Waals surface area contributed by atoms with Gasteiger partial charge in [0.2, 0.25) is 5.91 Å². The van der Waals surface area contributed by atoms with Crippen molar-refractivity contribution in [3.63, 3.8) is 0 Å². The molecule has 1 amide bonds. The molecule has 2 saturated heterocycles. The van der Waals surface area contributed by atoms with E-state index < -0.39 is 0 Å². The Hall–Kier alpha value is -1.33. The SMILES string of the molecule is Cc1ccc(CNC(=O)C2CCCN2C2CCNCC2)o1. The van der Waals surface area contributed by atoms with E-state index in [2.05, 4.69) is 15.5 Å². The molecule has 2 aliphatic rings. The quantitative estimate of drug-likeness (QED) is 0.881. The van der Waals surface area contributed by atoms with Crippen LogP contribution >= 0.6 is 0 Å². The average Bonchev–Trinajstić information content (AvgIpc) is 3.14. The van der Waals surface area contributed by atoms with Crippen LogP contribution in [0.2, 0.25) is 0 Å². The third-order valence-electron chi connectivity index (χ3n) is 4.61. The molecule has 3 heterocycles. The lowest BCUT2D eigenvalue weighted by Crippen LogP contribution is -2.50. The standard InChI is InChI=1S/C16H25N3O2/c1-12-4-5-14(21-12)11-18-16(20)15-3-2-10-19(15)13-6-8-17-9-7-13/h4-5,13,15,17H,2-3,6-11H2,1H3,(H,18,20). The van der Waals surface area contributed by atoms with Crippen molar-refractivity contribution < 1.29 is 9.21 Å². The van der Waals surface area contributed by atoms with Gasteiger partial charge in [0, 0.05) is 6.04 Å². The second-order valence-corrected chi connectivity index (χ2v) is 6.11. The molecule has 1 aromatic heterocycles. The first-order valence-corrected chi connectivity index (χ1v) is 8.03. The molecule has 1 atom stereocenters. The highest BCUT2D eigenvalue weighted by Crippen LogP contribution is 2.24. The largest absolute Gasteiger partial charge is 0.465 e. The van der Waals surface area contributed by atoms with Crippen molar-refractivity contribution in [2.45, 2.75) is 51.2 Å². The Bertz CT molecular complexity index is 480. The van der Waals surface area contributed by atoms with Crippen molar-refractivity contribution in [1.29, 1.82) is 0 Å². The minimum Gasteiger partial charge on any atom is -0.465 e. The summed E-state index contributed by atoms with van der Waals surface area (Å²) in [5, 5.41) is 6.42. The van der Waals surface area contributed by atoms with Crippen LogP contribution in [0.4, 0.5) is 0 Å². The van der Waals surface area contributed by atoms with Gasteiger partial charge in [-0.1, -0.05) is 0 Å². The maximum atomic E-state index is 12.5. The summed E-state index contributed by atoms with van der Waals surface area (Å²) in [5.41, 5.74) is 0. The number of nitrogens with one attached hydrogen (secondary N) is 2. The van der Waals surface area contributed by atoms with Gasteiger partial charge in [0.25, 0.3) is 0 Å². The van der Waals surface area contributed by atoms with Gasteiger partial charge in [-0.05, 0) is 64.4 Å². The molecule has 2 N–H and O–H groups in total. The molecule has 1 aromatic rings. The molecule has 5 heteroatoms. The van der Waals surface area contributed by atoms with Crippen LogP contribution in [0.1, 0.15) is 37.2 Å². The summed E-state index contributed by atoms with van der Waals surface area (Å²) >= 11 is 0. The summed E-state index contributed by atoms with van der Waals surface area (Å²) < 4.78 is 5.50. The first-order chi connectivity index (χ1) is 10.2. The van der Waals surface area contributed by atoms with Gasteiger partial charge < -0.3 is 15.1 Å². The number of rotatable bonds is 4. The van der Waals surface area contributed by atoms with E-state index in [1.807, 2.05) is 19.1 Å². The fourth-order valence-electron chi connectivity index (χ4n) is 3.52. The lowest BCUT2D eigenvalue weighted by molar-refractivity contribution is -0.126. The van der Waals surface area contributed by atoms with Gasteiger partial charge in [-0.25, -0.2) is 0 Å². The molecule has 2 fully saturated rings. The van der Waals surface area contributed by atoms with Crippen LogP contribution in [0.25, 0.3) is 0 Å². The second kappa shape index (κ2) is 6.62. The summed E-state index contributed by atoms with van der Waals surface area (Å²) in [5.74, 6) is 1.86. The second-order valence-electron chi connectivity index (χ2n) is 6.11. The maximum absolute atomic E-state index is 12.5. The predicted molar refractivity (Wildman–Crippen MR) is 80.9 cm³/mol. The Labute approximate surface area is 126 Å². The molecule has 0 aliphatic carbocycles. The van der Waals surface area contributed by atoms with Gasteiger partial charge in [-0.15, -0.1) is 0 Å². The Kier molecular flexibility index (Phi) is 4.60. The van der Waals surface area contributed by atoms with Crippen LogP contribution in [0.3, 0.4) is 0 Å². The van der Waals surface area contributed by atoms with E-state index in [0.717, 1.165) is 56.8 Å². The predicted octanol–water partition coefficient (Wildman–Crippen LogP) is 1.42. The molecule has 1 unspecified atom stereocenters. The summed E-state index contributed by atoms with van der Waals surface area (Å²) in [4.78, 5) is 14.9. The molecular formula is C16H25N3O2. The third-order valence-corrected chi connectivity index (χ3v) is 4.61. The van der Waals surface area contributed by atoms with Crippen molar-refractivity contribution in [3.8, 4) is 0 Å². The van der Waals surface area contributed by atoms with Crippen molar-refractivity contribution in [2.75, 3.05) is 19.6 Å². The number of likely N-dealkylation sites (tertiary alicyclic amines) is 1. The van der Waals surface area contributed by atoms with Gasteiger partial charge in [0.05, 0.1) is 12.6 Å². The molecule has 0 aromatic carbocycles. The first kappa shape index (κ1) is 14.6. The van der Waals surface area contributed by atoms with E-state index in [4.69, 9.17) is 4.42 Å². The fraction of sp³-hybridized carbons (Fsp3) is 0.688. The average molecular weight is 291 g/mol. The van der Waals surface area contributed by atoms with E-state index in [9.17, 15) is 4.79 Å². The molecule has 0 radical (unpaired) electrons. The number of carbonyl (C=O) groups excluding carboxylic acids is 1. The van der Waals surface area contributed by atoms with Crippen LogP contribution in [0.15, 0.2) is 16.5 Å². The number of amides is 1. The van der Waals surface area contributed by atoms with Gasteiger partial charge >= 0.3 is 0 Å². The van der Waals surface area contributed by atoms with E-state index in [1.54, 1.807) is 0 Å². The Morgan fingerprint density at radius 2 is 2.19 bits per heavy atom. The summed E-state index contributed by atoms with van der Waals surface area (Å²) in [6.07, 6.45) is 4.41. The minimum atomic E-state index is 0.0455. The number of piperidine rings is 1. The van der Waals surface area contributed by atoms with Gasteiger partial charge in [0.1, 0.15) is 11.5 Å². The minimum absolute atomic E-state index is 0.0455. The van der Waals surface area contributed by atoms with Crippen molar-refractivity contribution in [1.82, 2.24) is 15.5 Å². The van der Waals surface area contributed by atoms with Crippen LogP contribution in [0, 0.1) is 6.92 Å². The Morgan fingerprint density at radius 3 is 2.90 bits per heavy atom. The first-order valence-electron chi connectivity index (χ1n) is 8.03. The fourth-order valence-corrected chi connectivity index (χ4v) is 3.52. The highest BCUT2D eigenvalue weighted by atomic mass is 16.3. The molecule has 3 rings (SSSR count). The zero-order chi connectivity index (χ0) is 14.7. The zero-order valence-corrected chi connectivity index (χ0v) is 12.7. The maximum Gasteiger partial charge on any atom is 0.237 e. The monoisotopic (exact) mass is 291 g/mol. The summed E-state index contributed by atoms with van der Waals surface area (Å²) in [7, 11) is 0. The van der Waals surface area contributed by atoms with Gasteiger partial charge in [-0.2, -0.15) is 0 Å². The van der Waals surface area contributed by atoms with E-state index in [0.29, 0.717) is 12.6 Å². The number of furan rings is 1. The highest BCUT2D eigenvalue weighted by molar-refractivity contribution is 5.82. The zero-order valence-electron chi connectivity index (χ0n) is 12.7. The normalized spacial score (nSPS) is 24.3. The molecule has 5 nitrogen and oxygen atoms in total. The van der Waals surface area contributed by atoms with E-state index in [-0.39, 0.29) is 11.9 Å². The number of hydrogen-bond donors (Lipinski definition) is 2. The molecule has 21 heavy (non-hydrogen) atoms. The number of carbonyl (C=O) groups is 1. The molecule has 116 valence electrons. The number of aryl methyl sites for hydroxylation is 1. The van der Waals surface area contributed by atoms with E-state index in [1.165, 1.54) is 0 Å². The van der Waals surface area contributed by atoms with Crippen molar-refractivity contribution in [3.05, 3.63) is 23.7 Å². The molecule has 0 saturated carbocycles. The molecule has 0 spiro atoms. The highest BCUT2D eigenvalue weighted by Gasteiger charge is 2.35. The number of hydrogen-bond acceptors (Lipinski definition) is 4. The molecular weight excluding hydrogens is 266 g/mol. The smallest absolute Gasteiger partial charge is 0.237 e. The topological polar surface area (TPSA) is 57.5 Å². The van der Waals surface area contributed by atoms with Crippen LogP contribution in [-0.2, 0) is 11.3 Å². The number of nitrogens with zero attached hydrogens (tertiary/aromatic N) is 1. The third kappa shape index (κ3) is 3.47. The van der Waals surface area contributed by atoms with Gasteiger partial charge in [0.15, 0.2) is 0 Å². The van der Waals surface area contributed by atoms with Gasteiger partial charge in [-0.3, -0.25) is 9.69 Å². The molecule has 2 aliphatic heterocycles. The lowest BCUT2D eigenvalue weighted by atomic mass is 10.0. The Morgan fingerprint density at radius 1 is 1.38 bits per heavy atom. The summed E-state index contributed by atoms with van der Waals surface area (Å²) in [6.45, 7) is 5.61. The summed E-state index contributed by atoms with van der Waals surface area (Å²) in [6, 6.07) is 4.47. The van der Waals surface area contributed by atoms with Crippen molar-refractivity contribution >= 4 is 5.91 Å². The van der Waals surface area contributed by atoms with Crippen LogP contribution in [0.5, 0.6) is 0 Å². The lowest BCUT2D eigenvalue weighted by Gasteiger charge is -2.35. The molecule has 0 bridgehead atoms. The Balaban J connectivity index is 1.55. The van der Waals surface area contributed by atoms with Crippen LogP contribution in [-0.4, -0.2) is 42.5 Å². The van der Waals surface area contributed by atoms with E-state index >= 15 is 0 Å².